The summed E-state index contributed by atoms with van der Waals surface area (Å²) >= 11 is 0. The molecule has 0 radical (unpaired) electrons. The molecular weight excluding hydrogens is 201 g/mol. The van der Waals surface area contributed by atoms with Gasteiger partial charge in [-0.3, -0.25) is 0 Å². The summed E-state index contributed by atoms with van der Waals surface area (Å²) in [6.45, 7) is 2.97. The largest absolute Gasteiger partial charge is 0.207 e. The number of hydrogen-bond donors (Lipinski definition) is 0. The van der Waals surface area contributed by atoms with E-state index in [2.05, 4.69) is 0 Å². The van der Waals surface area contributed by atoms with E-state index in [1.54, 1.807) is 6.92 Å². The van der Waals surface area contributed by atoms with Gasteiger partial charge in [0, 0.05) is 10.9 Å². The first-order valence-electron chi connectivity index (χ1n) is 4.55. The van der Waals surface area contributed by atoms with Gasteiger partial charge >= 0.3 is 0 Å². The molecule has 2 aromatic carbocycles. The highest BCUT2D eigenvalue weighted by Crippen LogP contribution is 2.27. The average molecular weight is 210 g/mol. The Kier molecular flexibility index (Phi) is 2.18. The maximum absolute atomic E-state index is 13.7. The lowest BCUT2D eigenvalue weighted by Crippen LogP contribution is -1.93. The molecule has 0 fully saturated rings. The van der Waals surface area contributed by atoms with E-state index in [9.17, 15) is 13.2 Å². The molecule has 0 aliphatic heterocycles. The Balaban J connectivity index is 2.99. The third kappa shape index (κ3) is 1.48. The van der Waals surface area contributed by atoms with Crippen molar-refractivity contribution in [2.24, 2.45) is 0 Å². The van der Waals surface area contributed by atoms with Crippen LogP contribution in [-0.4, -0.2) is 0 Å². The van der Waals surface area contributed by atoms with Crippen molar-refractivity contribution in [3.63, 3.8) is 0 Å². The fourth-order valence-corrected chi connectivity index (χ4v) is 1.72. The zero-order chi connectivity index (χ0) is 11.2. The van der Waals surface area contributed by atoms with Crippen molar-refractivity contribution < 1.29 is 13.2 Å². The number of benzene rings is 2. The van der Waals surface area contributed by atoms with Gasteiger partial charge in [0.25, 0.3) is 0 Å². The van der Waals surface area contributed by atoms with Crippen LogP contribution < -0.4 is 0 Å². The van der Waals surface area contributed by atoms with E-state index in [-0.39, 0.29) is 16.3 Å². The van der Waals surface area contributed by atoms with Crippen molar-refractivity contribution in [3.8, 4) is 0 Å². The topological polar surface area (TPSA) is 0 Å². The molecule has 0 aliphatic rings. The minimum Gasteiger partial charge on any atom is -0.207 e. The second kappa shape index (κ2) is 3.26. The molecule has 0 unspecified atom stereocenters. The second-order valence-corrected chi connectivity index (χ2v) is 3.62. The molecule has 0 saturated heterocycles. The number of halogens is 3. The average Bonchev–Trinajstić information content (AvgIpc) is 2.13. The zero-order valence-corrected chi connectivity index (χ0v) is 8.37. The molecular formula is C12H9F3. The standard InChI is InChI=1S/C12H9F3/c1-6-3-9(13)4-8-5-10(14)7(2)12(15)11(6)8/h3-5H,1-2H3. The normalized spacial score (nSPS) is 11.0. The Labute approximate surface area is 85.3 Å². The van der Waals surface area contributed by atoms with E-state index in [0.717, 1.165) is 12.1 Å². The Bertz CT molecular complexity index is 544. The van der Waals surface area contributed by atoms with Crippen molar-refractivity contribution in [1.82, 2.24) is 0 Å². The summed E-state index contributed by atoms with van der Waals surface area (Å²) < 4.78 is 39.9. The lowest BCUT2D eigenvalue weighted by molar-refractivity contribution is 0.576. The third-order valence-corrected chi connectivity index (χ3v) is 2.52. The van der Waals surface area contributed by atoms with Crippen molar-refractivity contribution in [3.05, 3.63) is 46.8 Å². The van der Waals surface area contributed by atoms with Crippen LogP contribution >= 0.6 is 0 Å². The predicted octanol–water partition coefficient (Wildman–Crippen LogP) is 3.87. The fraction of sp³-hybridized carbons (Fsp3) is 0.167. The molecule has 0 aromatic heterocycles. The quantitative estimate of drug-likeness (QED) is 0.619. The molecule has 0 N–H and O–H groups in total. The number of hydrogen-bond acceptors (Lipinski definition) is 0. The zero-order valence-electron chi connectivity index (χ0n) is 8.37. The van der Waals surface area contributed by atoms with Gasteiger partial charge in [0.2, 0.25) is 0 Å². The van der Waals surface area contributed by atoms with Crippen LogP contribution in [0, 0.1) is 31.3 Å². The molecule has 0 saturated carbocycles. The van der Waals surface area contributed by atoms with E-state index in [0.29, 0.717) is 5.56 Å². The van der Waals surface area contributed by atoms with Crippen molar-refractivity contribution >= 4 is 10.8 Å². The van der Waals surface area contributed by atoms with E-state index < -0.39 is 17.5 Å². The molecule has 0 bridgehead atoms. The minimum atomic E-state index is -0.648. The van der Waals surface area contributed by atoms with Gasteiger partial charge in [-0.2, -0.15) is 0 Å². The monoisotopic (exact) mass is 210 g/mol. The Morgan fingerprint density at radius 1 is 0.933 bits per heavy atom. The van der Waals surface area contributed by atoms with Gasteiger partial charge in [-0.25, -0.2) is 13.2 Å². The van der Waals surface area contributed by atoms with Crippen LogP contribution in [0.15, 0.2) is 18.2 Å². The van der Waals surface area contributed by atoms with Crippen LogP contribution in [0.25, 0.3) is 10.8 Å². The van der Waals surface area contributed by atoms with Gasteiger partial charge in [-0.15, -0.1) is 0 Å². The summed E-state index contributed by atoms with van der Waals surface area (Å²) in [5.41, 5.74) is 0.447. The summed E-state index contributed by atoms with van der Waals surface area (Å²) in [4.78, 5) is 0. The molecule has 3 heteroatoms. The lowest BCUT2D eigenvalue weighted by Gasteiger charge is -2.07. The van der Waals surface area contributed by atoms with Gasteiger partial charge in [0.1, 0.15) is 17.5 Å². The maximum atomic E-state index is 13.7. The molecule has 0 nitrogen and oxygen atoms in total. The van der Waals surface area contributed by atoms with Gasteiger partial charge in [0.15, 0.2) is 0 Å². The summed E-state index contributed by atoms with van der Waals surface area (Å²) in [5.74, 6) is -1.74. The maximum Gasteiger partial charge on any atom is 0.137 e. The van der Waals surface area contributed by atoms with Crippen molar-refractivity contribution in [2.45, 2.75) is 13.8 Å². The fourth-order valence-electron chi connectivity index (χ4n) is 1.72. The molecule has 0 amide bonds. The Morgan fingerprint density at radius 2 is 1.60 bits per heavy atom. The SMILES string of the molecule is Cc1c(F)cc2cc(F)cc(C)c2c1F. The van der Waals surface area contributed by atoms with Gasteiger partial charge in [0.05, 0.1) is 0 Å². The lowest BCUT2D eigenvalue weighted by atomic mass is 10.0. The van der Waals surface area contributed by atoms with Gasteiger partial charge in [-0.1, -0.05) is 0 Å². The molecule has 15 heavy (non-hydrogen) atoms. The van der Waals surface area contributed by atoms with Crippen molar-refractivity contribution in [1.29, 1.82) is 0 Å². The van der Waals surface area contributed by atoms with E-state index in [1.807, 2.05) is 0 Å². The summed E-state index contributed by atoms with van der Waals surface area (Å²) in [6, 6.07) is 3.53. The van der Waals surface area contributed by atoms with E-state index in [1.165, 1.54) is 13.0 Å². The Hall–Kier alpha value is -1.51. The molecule has 2 rings (SSSR count). The second-order valence-electron chi connectivity index (χ2n) is 3.62. The minimum absolute atomic E-state index is 0.0304. The highest BCUT2D eigenvalue weighted by Gasteiger charge is 2.12. The van der Waals surface area contributed by atoms with E-state index in [4.69, 9.17) is 0 Å². The molecule has 0 heterocycles. The van der Waals surface area contributed by atoms with Crippen LogP contribution in [0.3, 0.4) is 0 Å². The first kappa shape index (κ1) is 10.0. The summed E-state index contributed by atoms with van der Waals surface area (Å²) in [5, 5.41) is 0.545. The van der Waals surface area contributed by atoms with Crippen LogP contribution in [0.5, 0.6) is 0 Å². The van der Waals surface area contributed by atoms with Crippen LogP contribution in [0.2, 0.25) is 0 Å². The van der Waals surface area contributed by atoms with Gasteiger partial charge < -0.3 is 0 Å². The molecule has 0 atom stereocenters. The Morgan fingerprint density at radius 3 is 2.27 bits per heavy atom. The summed E-state index contributed by atoms with van der Waals surface area (Å²) in [6.07, 6.45) is 0. The smallest absolute Gasteiger partial charge is 0.137 e. The van der Waals surface area contributed by atoms with E-state index >= 15 is 0 Å². The first-order valence-corrected chi connectivity index (χ1v) is 4.55. The molecule has 0 aliphatic carbocycles. The van der Waals surface area contributed by atoms with Crippen LogP contribution in [-0.2, 0) is 0 Å². The third-order valence-electron chi connectivity index (χ3n) is 2.52. The molecule has 0 spiro atoms. The summed E-state index contributed by atoms with van der Waals surface area (Å²) in [7, 11) is 0. The molecule has 2 aromatic rings. The first-order chi connectivity index (χ1) is 7.00. The number of aryl methyl sites for hydroxylation is 1. The number of rotatable bonds is 0. The van der Waals surface area contributed by atoms with Gasteiger partial charge in [-0.05, 0) is 43.0 Å². The predicted molar refractivity (Wildman–Crippen MR) is 53.3 cm³/mol. The van der Waals surface area contributed by atoms with Crippen LogP contribution in [0.1, 0.15) is 11.1 Å². The van der Waals surface area contributed by atoms with Crippen molar-refractivity contribution in [2.75, 3.05) is 0 Å². The highest BCUT2D eigenvalue weighted by molar-refractivity contribution is 5.87. The molecule has 78 valence electrons. The highest BCUT2D eigenvalue weighted by atomic mass is 19.1. The van der Waals surface area contributed by atoms with Crippen LogP contribution in [0.4, 0.5) is 13.2 Å². The number of fused-ring (bicyclic) bond motifs is 1.